The lowest BCUT2D eigenvalue weighted by Crippen LogP contribution is -2.29. The number of fused-ring (bicyclic) bond motifs is 1. The molecule has 1 heterocycles. The number of hydrogen-bond acceptors (Lipinski definition) is 3. The maximum absolute atomic E-state index is 13.6. The van der Waals surface area contributed by atoms with Crippen LogP contribution in [0, 0.1) is 6.92 Å². The SMILES string of the molecule is Cc1cccc(/C(=C\c2ccccc2)C(=O)N2CCc3cc(C(=O)NO)ccc32)c1. The van der Waals surface area contributed by atoms with Crippen LogP contribution in [0.15, 0.2) is 72.8 Å². The third kappa shape index (κ3) is 3.88. The summed E-state index contributed by atoms with van der Waals surface area (Å²) in [4.78, 5) is 27.1. The molecule has 0 saturated heterocycles. The van der Waals surface area contributed by atoms with E-state index in [0.717, 1.165) is 27.9 Å². The third-order valence-electron chi connectivity index (χ3n) is 5.25. The molecule has 2 amide bonds. The fourth-order valence-corrected chi connectivity index (χ4v) is 3.76. The first-order valence-corrected chi connectivity index (χ1v) is 9.80. The second-order valence-corrected chi connectivity index (χ2v) is 7.33. The highest BCUT2D eigenvalue weighted by molar-refractivity contribution is 6.30. The van der Waals surface area contributed by atoms with Gasteiger partial charge >= 0.3 is 0 Å². The number of rotatable bonds is 4. The first-order valence-electron chi connectivity index (χ1n) is 9.80. The first-order chi connectivity index (χ1) is 14.6. The smallest absolute Gasteiger partial charge is 0.274 e. The summed E-state index contributed by atoms with van der Waals surface area (Å²) >= 11 is 0. The van der Waals surface area contributed by atoms with E-state index in [9.17, 15) is 9.59 Å². The average Bonchev–Trinajstić information content (AvgIpc) is 3.20. The molecule has 0 aromatic heterocycles. The second kappa shape index (κ2) is 8.35. The van der Waals surface area contributed by atoms with Gasteiger partial charge in [-0.2, -0.15) is 0 Å². The van der Waals surface area contributed by atoms with Crippen molar-refractivity contribution in [2.75, 3.05) is 11.4 Å². The molecule has 5 nitrogen and oxygen atoms in total. The molecule has 1 aliphatic rings. The minimum atomic E-state index is -0.563. The molecule has 3 aromatic carbocycles. The van der Waals surface area contributed by atoms with Gasteiger partial charge in [0.1, 0.15) is 0 Å². The van der Waals surface area contributed by atoms with Gasteiger partial charge in [0.15, 0.2) is 0 Å². The lowest BCUT2D eigenvalue weighted by molar-refractivity contribution is -0.113. The molecule has 0 saturated carbocycles. The number of benzene rings is 3. The van der Waals surface area contributed by atoms with Crippen molar-refractivity contribution in [3.8, 4) is 0 Å². The molecule has 0 radical (unpaired) electrons. The number of carbonyl (C=O) groups excluding carboxylic acids is 2. The highest BCUT2D eigenvalue weighted by atomic mass is 16.5. The Bertz CT molecular complexity index is 1140. The van der Waals surface area contributed by atoms with Crippen molar-refractivity contribution in [2.45, 2.75) is 13.3 Å². The van der Waals surface area contributed by atoms with Crippen LogP contribution in [0.3, 0.4) is 0 Å². The Morgan fingerprint density at radius 3 is 2.50 bits per heavy atom. The largest absolute Gasteiger partial charge is 0.308 e. The van der Waals surface area contributed by atoms with E-state index in [0.29, 0.717) is 24.1 Å². The molecule has 30 heavy (non-hydrogen) atoms. The number of hydroxylamine groups is 1. The molecule has 5 heteroatoms. The summed E-state index contributed by atoms with van der Waals surface area (Å²) in [7, 11) is 0. The predicted octanol–water partition coefficient (Wildman–Crippen LogP) is 4.24. The molecular weight excluding hydrogens is 376 g/mol. The molecule has 4 rings (SSSR count). The summed E-state index contributed by atoms with van der Waals surface area (Å²) in [6, 6.07) is 22.8. The zero-order valence-corrected chi connectivity index (χ0v) is 16.6. The van der Waals surface area contributed by atoms with Gasteiger partial charge in [0, 0.05) is 23.4 Å². The Hall–Kier alpha value is -3.70. The van der Waals surface area contributed by atoms with Gasteiger partial charge in [0.2, 0.25) is 0 Å². The topological polar surface area (TPSA) is 69.6 Å². The lowest BCUT2D eigenvalue weighted by Gasteiger charge is -2.20. The zero-order chi connectivity index (χ0) is 21.1. The second-order valence-electron chi connectivity index (χ2n) is 7.33. The summed E-state index contributed by atoms with van der Waals surface area (Å²) < 4.78 is 0. The van der Waals surface area contributed by atoms with E-state index in [1.807, 2.05) is 67.6 Å². The molecule has 0 aliphatic carbocycles. The van der Waals surface area contributed by atoms with Crippen molar-refractivity contribution >= 4 is 29.2 Å². The van der Waals surface area contributed by atoms with E-state index < -0.39 is 5.91 Å². The summed E-state index contributed by atoms with van der Waals surface area (Å²) in [5, 5.41) is 8.87. The van der Waals surface area contributed by atoms with Crippen molar-refractivity contribution in [3.63, 3.8) is 0 Å². The van der Waals surface area contributed by atoms with Crippen LogP contribution in [-0.2, 0) is 11.2 Å². The number of nitrogens with one attached hydrogen (secondary N) is 1. The van der Waals surface area contributed by atoms with Crippen LogP contribution in [0.1, 0.15) is 32.6 Å². The van der Waals surface area contributed by atoms with Crippen LogP contribution in [0.2, 0.25) is 0 Å². The summed E-state index contributed by atoms with van der Waals surface area (Å²) in [6.07, 6.45) is 2.57. The fraction of sp³-hybridized carbons (Fsp3) is 0.120. The zero-order valence-electron chi connectivity index (χ0n) is 16.6. The van der Waals surface area contributed by atoms with Crippen LogP contribution < -0.4 is 10.4 Å². The van der Waals surface area contributed by atoms with Crippen LogP contribution in [0.5, 0.6) is 0 Å². The van der Waals surface area contributed by atoms with E-state index in [1.54, 1.807) is 28.6 Å². The van der Waals surface area contributed by atoms with Crippen LogP contribution >= 0.6 is 0 Å². The minimum absolute atomic E-state index is 0.0810. The fourth-order valence-electron chi connectivity index (χ4n) is 3.76. The minimum Gasteiger partial charge on any atom is -0.308 e. The van der Waals surface area contributed by atoms with Gasteiger partial charge in [-0.3, -0.25) is 14.8 Å². The van der Waals surface area contributed by atoms with Crippen molar-refractivity contribution < 1.29 is 14.8 Å². The number of hydrogen-bond donors (Lipinski definition) is 2. The molecule has 0 bridgehead atoms. The highest BCUT2D eigenvalue weighted by Gasteiger charge is 2.28. The van der Waals surface area contributed by atoms with Crippen LogP contribution in [0.4, 0.5) is 5.69 Å². The maximum Gasteiger partial charge on any atom is 0.274 e. The Kier molecular flexibility index (Phi) is 5.46. The molecule has 2 N–H and O–H groups in total. The van der Waals surface area contributed by atoms with Gasteiger partial charge in [-0.1, -0.05) is 60.2 Å². The lowest BCUT2D eigenvalue weighted by atomic mass is 9.99. The predicted molar refractivity (Wildman–Crippen MR) is 117 cm³/mol. The van der Waals surface area contributed by atoms with Gasteiger partial charge in [-0.15, -0.1) is 0 Å². The number of anilines is 1. The Balaban J connectivity index is 1.74. The van der Waals surface area contributed by atoms with E-state index in [2.05, 4.69) is 0 Å². The molecule has 0 spiro atoms. The normalized spacial score (nSPS) is 13.1. The first kappa shape index (κ1) is 19.6. The van der Waals surface area contributed by atoms with E-state index in [4.69, 9.17) is 5.21 Å². The van der Waals surface area contributed by atoms with Gasteiger partial charge in [-0.05, 0) is 54.3 Å². The van der Waals surface area contributed by atoms with E-state index in [-0.39, 0.29) is 5.91 Å². The highest BCUT2D eigenvalue weighted by Crippen LogP contribution is 2.32. The van der Waals surface area contributed by atoms with E-state index in [1.165, 1.54) is 0 Å². The summed E-state index contributed by atoms with van der Waals surface area (Å²) in [6.45, 7) is 2.54. The standard InChI is InChI=1S/C25H22N2O3/c1-17-6-5-9-19(14-17)22(15-18-7-3-2-4-8-18)25(29)27-13-12-20-16-21(24(28)26-30)10-11-23(20)27/h2-11,14-16,30H,12-13H2,1H3,(H,26,28)/b22-15+. The van der Waals surface area contributed by atoms with Crippen molar-refractivity contribution in [1.29, 1.82) is 0 Å². The number of nitrogens with zero attached hydrogens (tertiary/aromatic N) is 1. The van der Waals surface area contributed by atoms with Gasteiger partial charge < -0.3 is 4.90 Å². The van der Waals surface area contributed by atoms with Crippen molar-refractivity contribution in [2.24, 2.45) is 0 Å². The molecule has 0 atom stereocenters. The summed E-state index contributed by atoms with van der Waals surface area (Å²) in [5.41, 5.74) is 7.25. The van der Waals surface area contributed by atoms with Gasteiger partial charge in [0.05, 0.1) is 0 Å². The molecule has 1 aliphatic heterocycles. The molecule has 0 unspecified atom stereocenters. The van der Waals surface area contributed by atoms with Crippen molar-refractivity contribution in [1.82, 2.24) is 5.48 Å². The summed E-state index contributed by atoms with van der Waals surface area (Å²) in [5.74, 6) is -0.644. The quantitative estimate of drug-likeness (QED) is 0.299. The van der Waals surface area contributed by atoms with Gasteiger partial charge in [0.25, 0.3) is 11.8 Å². The maximum atomic E-state index is 13.6. The molecule has 3 aromatic rings. The van der Waals surface area contributed by atoms with Gasteiger partial charge in [-0.25, -0.2) is 5.48 Å². The number of aryl methyl sites for hydroxylation is 1. The molecule has 150 valence electrons. The average molecular weight is 398 g/mol. The van der Waals surface area contributed by atoms with Crippen molar-refractivity contribution in [3.05, 3.63) is 101 Å². The van der Waals surface area contributed by atoms with Crippen LogP contribution in [-0.4, -0.2) is 23.6 Å². The van der Waals surface area contributed by atoms with E-state index >= 15 is 0 Å². The molecular formula is C25H22N2O3. The third-order valence-corrected chi connectivity index (χ3v) is 5.25. The monoisotopic (exact) mass is 398 g/mol. The molecule has 0 fully saturated rings. The van der Waals surface area contributed by atoms with Crippen LogP contribution in [0.25, 0.3) is 11.6 Å². The Morgan fingerprint density at radius 2 is 1.77 bits per heavy atom. The number of carbonyl (C=O) groups is 2. The Morgan fingerprint density at radius 1 is 0.967 bits per heavy atom. The number of amides is 2. The Labute approximate surface area is 175 Å².